The monoisotopic (exact) mass is 386 g/mol. The molecular formula is C12H18CdNO6. The van der Waals surface area contributed by atoms with Gasteiger partial charge >= 0.3 is 77.1 Å². The maximum absolute atomic E-state index is 9.45. The Morgan fingerprint density at radius 3 is 1.45 bits per heavy atom. The van der Waals surface area contributed by atoms with E-state index < -0.39 is 24.1 Å². The van der Waals surface area contributed by atoms with Gasteiger partial charge in [-0.25, -0.2) is 9.59 Å². The molecule has 2 atom stereocenters. The van der Waals surface area contributed by atoms with E-state index in [4.69, 9.17) is 20.4 Å². The molecule has 1 rings (SSSR count). The van der Waals surface area contributed by atoms with Gasteiger partial charge in [-0.15, -0.1) is 0 Å². The van der Waals surface area contributed by atoms with Crippen LogP contribution in [0.4, 0.5) is 5.69 Å². The van der Waals surface area contributed by atoms with Crippen LogP contribution in [0.5, 0.6) is 0 Å². The van der Waals surface area contributed by atoms with E-state index in [2.05, 4.69) is 15.3 Å². The fourth-order valence-electron chi connectivity index (χ4n) is 0.556. The fraction of sp³-hybridized carbons (Fsp3) is 0.333. The third kappa shape index (κ3) is 14.9. The minimum atomic E-state index is -1.23. The summed E-state index contributed by atoms with van der Waals surface area (Å²) in [7, 11) is 0. The molecule has 20 heavy (non-hydrogen) atoms. The molecule has 0 amide bonds. The summed E-state index contributed by atoms with van der Waals surface area (Å²) in [6.45, 7) is 2.39. The summed E-state index contributed by atoms with van der Waals surface area (Å²) in [6, 6.07) is 10.2. The molecule has 1 aromatic carbocycles. The number of hydrogen-bond donors (Lipinski definition) is 5. The molecule has 0 heterocycles. The van der Waals surface area contributed by atoms with Gasteiger partial charge in [0.25, 0.3) is 0 Å². The fourth-order valence-corrected chi connectivity index (χ4v) is 1.23. The molecule has 7 nitrogen and oxygen atoms in total. The van der Waals surface area contributed by atoms with Gasteiger partial charge in [-0.1, -0.05) is 0 Å². The van der Waals surface area contributed by atoms with Crippen molar-refractivity contribution in [2.45, 2.75) is 26.1 Å². The quantitative estimate of drug-likeness (QED) is 0.479. The number of carboxylic acids is 2. The van der Waals surface area contributed by atoms with Crippen LogP contribution >= 0.6 is 0 Å². The second kappa shape index (κ2) is 12.8. The van der Waals surface area contributed by atoms with E-state index in [0.29, 0.717) is 0 Å². The number of nitrogens with one attached hydrogen (secondary N) is 1. The maximum atomic E-state index is 9.45. The molecule has 0 bridgehead atoms. The van der Waals surface area contributed by atoms with Crippen LogP contribution in [0.15, 0.2) is 30.3 Å². The molecule has 0 spiro atoms. The van der Waals surface area contributed by atoms with Gasteiger partial charge in [0, 0.05) is 0 Å². The summed E-state index contributed by atoms with van der Waals surface area (Å²) in [6.07, 6.45) is -2.46. The van der Waals surface area contributed by atoms with Crippen molar-refractivity contribution in [3.05, 3.63) is 30.3 Å². The molecule has 0 radical (unpaired) electrons. The Morgan fingerprint density at radius 2 is 1.30 bits per heavy atom. The molecule has 0 fully saturated rings. The van der Waals surface area contributed by atoms with Crippen molar-refractivity contribution >= 4 is 17.6 Å². The molecule has 0 saturated carbocycles. The minimum absolute atomic E-state index is 0.828. The van der Waals surface area contributed by atoms with Crippen molar-refractivity contribution in [3.63, 3.8) is 0 Å². The number of benzene rings is 1. The van der Waals surface area contributed by atoms with Gasteiger partial charge in [0.15, 0.2) is 0 Å². The van der Waals surface area contributed by atoms with Crippen molar-refractivity contribution in [2.75, 3.05) is 3.13 Å². The standard InChI is InChI=1S/C6H6N.2C3H6O3.Cd/c7-6-4-2-1-3-5-6;2*1-2(4)3(5)6;/h1-5,7H;2*2,4H,1H3,(H,5,6);/q-1;;;+1. The van der Waals surface area contributed by atoms with Crippen molar-refractivity contribution in [2.24, 2.45) is 0 Å². The predicted molar refractivity (Wildman–Crippen MR) is 68.7 cm³/mol. The third-order valence-corrected chi connectivity index (χ3v) is 2.86. The first-order valence-corrected chi connectivity index (χ1v) is 7.64. The van der Waals surface area contributed by atoms with Crippen LogP contribution in [-0.4, -0.2) is 44.6 Å². The zero-order valence-electron chi connectivity index (χ0n) is 11.4. The average molecular weight is 385 g/mol. The number of hydrogen-bond acceptors (Lipinski definition) is 5. The summed E-state index contributed by atoms with van der Waals surface area (Å²) in [4.78, 5) is 18.9. The molecule has 0 aliphatic carbocycles. The van der Waals surface area contributed by atoms with Crippen LogP contribution in [0.1, 0.15) is 13.8 Å². The first-order valence-electron chi connectivity index (χ1n) is 5.62. The number of aliphatic hydroxyl groups is 2. The van der Waals surface area contributed by atoms with Crippen molar-refractivity contribution < 1.29 is 56.1 Å². The van der Waals surface area contributed by atoms with E-state index in [1.807, 2.05) is 18.2 Å². The number of rotatable bonds is 3. The SMILES string of the molecule is CC(O)C(=O)O.CC(O)C(=O)O.[Cd][NH]c1ccccc1. The zero-order chi connectivity index (χ0) is 16.1. The summed E-state index contributed by atoms with van der Waals surface area (Å²) in [5.74, 6) is -2.37. The Labute approximate surface area is 133 Å². The molecule has 0 aliphatic rings. The normalized spacial score (nSPS) is 11.7. The van der Waals surface area contributed by atoms with Crippen LogP contribution in [-0.2, 0) is 35.7 Å². The topological polar surface area (TPSA) is 127 Å². The second-order valence-electron chi connectivity index (χ2n) is 3.57. The van der Waals surface area contributed by atoms with E-state index in [1.165, 1.54) is 19.5 Å². The zero-order valence-corrected chi connectivity index (χ0v) is 15.4. The van der Waals surface area contributed by atoms with Gasteiger partial charge in [0.05, 0.1) is 0 Å². The third-order valence-electron chi connectivity index (χ3n) is 1.69. The summed E-state index contributed by atoms with van der Waals surface area (Å²) in [5, 5.41) is 31.5. The Kier molecular flexibility index (Phi) is 13.5. The number of aliphatic hydroxyl groups excluding tert-OH is 2. The average Bonchev–Trinajstić information content (AvgIpc) is 2.40. The number of carbonyl (C=O) groups is 2. The number of aliphatic carboxylic acids is 2. The molecular weight excluding hydrogens is 367 g/mol. The molecule has 0 saturated heterocycles. The second-order valence-corrected chi connectivity index (χ2v) is 4.58. The van der Waals surface area contributed by atoms with Gasteiger partial charge in [-0.3, -0.25) is 0 Å². The van der Waals surface area contributed by atoms with Crippen LogP contribution in [0.25, 0.3) is 0 Å². The van der Waals surface area contributed by atoms with Crippen LogP contribution in [0.3, 0.4) is 0 Å². The first-order chi connectivity index (χ1) is 9.22. The van der Waals surface area contributed by atoms with Crippen LogP contribution in [0.2, 0.25) is 0 Å². The number of carboxylic acid groups (broad SMARTS) is 2. The van der Waals surface area contributed by atoms with Crippen molar-refractivity contribution in [3.8, 4) is 0 Å². The molecule has 5 N–H and O–H groups in total. The Balaban J connectivity index is 0. The van der Waals surface area contributed by atoms with Gasteiger partial charge in [-0.05, 0) is 13.8 Å². The van der Waals surface area contributed by atoms with Gasteiger partial charge in [0.2, 0.25) is 0 Å². The summed E-state index contributed by atoms with van der Waals surface area (Å²) < 4.78 is 3.20. The van der Waals surface area contributed by atoms with E-state index in [9.17, 15) is 9.59 Å². The summed E-state index contributed by atoms with van der Waals surface area (Å²) in [5.41, 5.74) is 1.24. The molecule has 2 unspecified atom stereocenters. The molecule has 0 aromatic heterocycles. The van der Waals surface area contributed by atoms with Crippen LogP contribution < -0.4 is 3.13 Å². The van der Waals surface area contributed by atoms with E-state index in [0.717, 1.165) is 26.1 Å². The number of para-hydroxylation sites is 1. The van der Waals surface area contributed by atoms with Crippen LogP contribution in [0, 0.1) is 0 Å². The molecule has 1 aromatic rings. The Bertz CT molecular complexity index is 365. The number of anilines is 1. The van der Waals surface area contributed by atoms with Crippen molar-refractivity contribution in [1.29, 1.82) is 0 Å². The van der Waals surface area contributed by atoms with Gasteiger partial charge in [-0.2, -0.15) is 0 Å². The van der Waals surface area contributed by atoms with Gasteiger partial charge in [0.1, 0.15) is 12.2 Å². The molecule has 109 valence electrons. The Hall–Kier alpha value is -1.20. The molecule has 8 heteroatoms. The van der Waals surface area contributed by atoms with Gasteiger partial charge < -0.3 is 20.4 Å². The van der Waals surface area contributed by atoms with E-state index in [-0.39, 0.29) is 0 Å². The van der Waals surface area contributed by atoms with E-state index >= 15 is 0 Å². The Morgan fingerprint density at radius 1 is 1.00 bits per heavy atom. The van der Waals surface area contributed by atoms with Crippen molar-refractivity contribution in [1.82, 2.24) is 0 Å². The summed E-state index contributed by atoms with van der Waals surface area (Å²) >= 11 is 0.828. The molecule has 0 aliphatic heterocycles. The van der Waals surface area contributed by atoms with E-state index in [1.54, 1.807) is 0 Å². The predicted octanol–water partition coefficient (Wildman–Crippen LogP) is 0.464. The first kappa shape index (κ1) is 21.1.